The average molecular weight is 656 g/mol. The fraction of sp³-hybridized carbons (Fsp3) is 0.684. The number of aromatic nitrogens is 2. The lowest BCUT2D eigenvalue weighted by Crippen LogP contribution is -2.60. The van der Waals surface area contributed by atoms with Crippen molar-refractivity contribution in [1.82, 2.24) is 9.55 Å². The summed E-state index contributed by atoms with van der Waals surface area (Å²) >= 11 is 4.66. The van der Waals surface area contributed by atoms with Crippen LogP contribution in [-0.4, -0.2) is 112 Å². The lowest BCUT2D eigenvalue weighted by Gasteiger charge is -2.41. The van der Waals surface area contributed by atoms with Crippen molar-refractivity contribution in [3.05, 3.63) is 45.8 Å². The zero-order valence-corrected chi connectivity index (χ0v) is 23.5. The van der Waals surface area contributed by atoms with Gasteiger partial charge in [0.1, 0.15) is 36.1 Å². The van der Waals surface area contributed by atoms with Crippen LogP contribution in [0.15, 0.2) is 34.5 Å². The van der Waals surface area contributed by atoms with E-state index in [2.05, 4.69) is 27.2 Å². The van der Waals surface area contributed by atoms with Gasteiger partial charge in [0.25, 0.3) is 5.56 Å². The molecule has 0 aliphatic carbocycles. The Morgan fingerprint density at radius 2 is 1.90 bits per heavy atom. The molecule has 8 N–H and O–H groups in total. The summed E-state index contributed by atoms with van der Waals surface area (Å²) in [4.78, 5) is 45.9. The fourth-order valence-electron chi connectivity index (χ4n) is 4.10. The van der Waals surface area contributed by atoms with Gasteiger partial charge in [0.05, 0.1) is 13.2 Å². The molecule has 0 aromatic carbocycles. The molecule has 41 heavy (non-hydrogen) atoms. The molecule has 0 amide bonds. The van der Waals surface area contributed by atoms with Gasteiger partial charge < -0.3 is 49.3 Å². The highest BCUT2D eigenvalue weighted by Crippen LogP contribution is 2.62. The van der Waals surface area contributed by atoms with Gasteiger partial charge in [-0.3, -0.25) is 18.9 Å². The van der Waals surface area contributed by atoms with Crippen LogP contribution in [-0.2, 0) is 39.2 Å². The molecule has 234 valence electrons. The van der Waals surface area contributed by atoms with Crippen LogP contribution >= 0.6 is 14.5 Å². The Morgan fingerprint density at radius 1 is 1.27 bits per heavy atom. The van der Waals surface area contributed by atoms with E-state index in [0.29, 0.717) is 10.6 Å². The largest absolute Gasteiger partial charge is 0.481 e. The number of hydrogen-bond acceptors (Lipinski definition) is 14. The van der Waals surface area contributed by atoms with Crippen LogP contribution in [0.3, 0.4) is 0 Å². The number of ether oxygens (including phenoxy) is 2. The molecule has 2 saturated heterocycles. The molecule has 2 aliphatic rings. The lowest BCUT2D eigenvalue weighted by molar-refractivity contribution is -0.287. The highest BCUT2D eigenvalue weighted by atomic mass is 32.5. The van der Waals surface area contributed by atoms with Crippen LogP contribution in [0.25, 0.3) is 0 Å². The van der Waals surface area contributed by atoms with Crippen molar-refractivity contribution in [2.24, 2.45) is 0 Å². The van der Waals surface area contributed by atoms with Crippen LogP contribution in [0, 0.1) is 0 Å². The number of aliphatic hydroxyl groups is 5. The highest BCUT2D eigenvalue weighted by Gasteiger charge is 2.63. The first-order chi connectivity index (χ1) is 18.8. The molecular weight excluding hydrogens is 628 g/mol. The normalized spacial score (nSPS) is 39.5. The molecule has 3 heterocycles. The van der Waals surface area contributed by atoms with Crippen molar-refractivity contribution < 1.29 is 71.5 Å². The third kappa shape index (κ3) is 7.09. The summed E-state index contributed by atoms with van der Waals surface area (Å²) < 4.78 is 67.1. The molecule has 7 unspecified atom stereocenters. The molecule has 0 saturated carbocycles. The van der Waals surface area contributed by atoms with Crippen LogP contribution in [0.1, 0.15) is 13.2 Å². The van der Waals surface area contributed by atoms with Gasteiger partial charge in [-0.2, -0.15) is 0 Å². The molecule has 0 spiro atoms. The number of H-pyrrole nitrogens is 1. The zero-order valence-electron chi connectivity index (χ0n) is 20.9. The molecule has 22 heteroatoms. The maximum atomic E-state index is 15.8. The second kappa shape index (κ2) is 12.4. The first-order valence-electron chi connectivity index (χ1n) is 11.4. The summed E-state index contributed by atoms with van der Waals surface area (Å²) in [5.74, 6) is 0. The Kier molecular flexibility index (Phi) is 10.3. The first-order valence-corrected chi connectivity index (χ1v) is 15.5. The molecule has 0 bridgehead atoms. The van der Waals surface area contributed by atoms with Crippen molar-refractivity contribution in [3.8, 4) is 0 Å². The molecule has 1 aromatic rings. The minimum absolute atomic E-state index is 0.603. The van der Waals surface area contributed by atoms with E-state index in [0.717, 1.165) is 19.2 Å². The predicted molar refractivity (Wildman–Crippen MR) is 133 cm³/mol. The van der Waals surface area contributed by atoms with Crippen LogP contribution < -0.4 is 11.2 Å². The average Bonchev–Trinajstić information content (AvgIpc) is 3.08. The maximum Gasteiger partial charge on any atom is 0.481 e. The smallest absolute Gasteiger partial charge is 0.393 e. The van der Waals surface area contributed by atoms with Gasteiger partial charge in [-0.05, 0) is 24.8 Å². The van der Waals surface area contributed by atoms with E-state index in [-0.39, 0.29) is 0 Å². The molecule has 1 aromatic heterocycles. The molecule has 12 atom stereocenters. The Hall–Kier alpha value is -1.32. The van der Waals surface area contributed by atoms with E-state index in [1.807, 2.05) is 4.98 Å². The van der Waals surface area contributed by atoms with Crippen molar-refractivity contribution in [3.63, 3.8) is 0 Å². The molecular formula is C19H28F2N2O15P2S. The second-order valence-corrected chi connectivity index (χ2v) is 13.7. The van der Waals surface area contributed by atoms with Crippen LogP contribution in [0.5, 0.6) is 0 Å². The fourth-order valence-corrected chi connectivity index (χ4v) is 7.26. The number of nitrogens with zero attached hydrogens (tertiary/aromatic N) is 1. The number of aliphatic hydroxyl groups excluding tert-OH is 5. The summed E-state index contributed by atoms with van der Waals surface area (Å²) in [6.07, 6.45) is -15.8. The first kappa shape index (κ1) is 34.2. The van der Waals surface area contributed by atoms with E-state index in [9.17, 15) is 48.8 Å². The Balaban J connectivity index is 1.74. The maximum absolute atomic E-state index is 15.8. The molecule has 17 nitrogen and oxygen atoms in total. The third-order valence-electron chi connectivity index (χ3n) is 6.27. The summed E-state index contributed by atoms with van der Waals surface area (Å²) in [5.41, 5.74) is -6.94. The van der Waals surface area contributed by atoms with Crippen molar-refractivity contribution in [2.75, 3.05) is 13.2 Å². The summed E-state index contributed by atoms with van der Waals surface area (Å²) in [5, 5.41) is 49.4. The molecule has 0 radical (unpaired) electrons. The minimum Gasteiger partial charge on any atom is -0.393 e. The van der Waals surface area contributed by atoms with Gasteiger partial charge in [0.15, 0.2) is 18.7 Å². The van der Waals surface area contributed by atoms with E-state index >= 15 is 4.39 Å². The number of phosphoric ester groups is 1. The van der Waals surface area contributed by atoms with Gasteiger partial charge in [0, 0.05) is 12.3 Å². The zero-order chi connectivity index (χ0) is 31.1. The number of alkyl halides is 2. The van der Waals surface area contributed by atoms with Crippen molar-refractivity contribution in [1.29, 1.82) is 0 Å². The minimum atomic E-state index is -5.60. The van der Waals surface area contributed by atoms with E-state index in [1.54, 1.807) is 0 Å². The lowest BCUT2D eigenvalue weighted by atomic mass is 9.89. The van der Waals surface area contributed by atoms with Gasteiger partial charge in [0.2, 0.25) is 5.67 Å². The molecule has 2 aliphatic heterocycles. The monoisotopic (exact) mass is 656 g/mol. The summed E-state index contributed by atoms with van der Waals surface area (Å²) in [6.45, 7) is -2.77. The molecule has 2 fully saturated rings. The third-order valence-corrected chi connectivity index (χ3v) is 9.77. The van der Waals surface area contributed by atoms with Gasteiger partial charge in [-0.25, -0.2) is 22.5 Å². The number of halogens is 2. The summed E-state index contributed by atoms with van der Waals surface area (Å²) in [7, 11) is -5.60. The van der Waals surface area contributed by atoms with E-state index < -0.39 is 99.5 Å². The van der Waals surface area contributed by atoms with Gasteiger partial charge in [-0.1, -0.05) is 6.58 Å². The van der Waals surface area contributed by atoms with Crippen LogP contribution in [0.4, 0.5) is 8.78 Å². The number of nitrogens with one attached hydrogen (secondary N) is 1. The Bertz CT molecular complexity index is 1340. The topological polar surface area (TPSA) is 260 Å². The number of phosphoric acid groups is 1. The molecule has 3 rings (SSSR count). The van der Waals surface area contributed by atoms with Crippen molar-refractivity contribution in [2.45, 2.75) is 67.4 Å². The predicted octanol–water partition coefficient (Wildman–Crippen LogP) is -2.42. The van der Waals surface area contributed by atoms with Crippen LogP contribution in [0.2, 0.25) is 0 Å². The summed E-state index contributed by atoms with van der Waals surface area (Å²) in [6, 6.07) is 0.874. The van der Waals surface area contributed by atoms with E-state index in [1.165, 1.54) is 0 Å². The van der Waals surface area contributed by atoms with E-state index in [4.69, 9.17) is 19.1 Å². The Morgan fingerprint density at radius 3 is 2.46 bits per heavy atom. The highest BCUT2D eigenvalue weighted by molar-refractivity contribution is 8.08. The number of aromatic amines is 1. The van der Waals surface area contributed by atoms with Gasteiger partial charge in [-0.15, -0.1) is 0 Å². The number of hydrogen-bond donors (Lipinski definition) is 8. The van der Waals surface area contributed by atoms with Crippen molar-refractivity contribution >= 4 is 26.3 Å². The Labute approximate surface area is 234 Å². The quantitative estimate of drug-likeness (QED) is 0.0911. The SMILES string of the molecule is C=C[C@]1(F)[C@H](n2ccc(=O)[nH]c2=O)O[C@](C)(COP(O)(=S)OP(=O)(O)OC2OC([C@@H](F)CO)C(O)C(O)C2O)[C@H]1O. The standard InChI is InChI=1S/C19H28F2N2O15P2S/c1-3-19(21)15(29)18(2,36-16(19)23-5-4-9(25)22-17(23)30)7-34-40(33,41)38-39(31,32)37-14-12(28)10(26)11(27)13(35-14)8(20)6-24/h3-5,8,10-16,24,26-29H,1,6-7H2,2H3,(H,31,32)(H,33,41)(H,22,25,30)/t8-,10?,11?,12?,13?,14?,15+,16+,18+,19+,40?/m0/s1. The number of rotatable bonds is 11. The van der Waals surface area contributed by atoms with Gasteiger partial charge >= 0.3 is 20.2 Å². The second-order valence-electron chi connectivity index (χ2n) is 9.27.